The summed E-state index contributed by atoms with van der Waals surface area (Å²) in [6.45, 7) is 2.44. The van der Waals surface area contributed by atoms with Crippen LogP contribution in [0.25, 0.3) is 0 Å². The zero-order chi connectivity index (χ0) is 31.9. The van der Waals surface area contributed by atoms with E-state index in [0.717, 1.165) is 47.0 Å². The van der Waals surface area contributed by atoms with E-state index in [4.69, 9.17) is 4.74 Å². The Kier molecular flexibility index (Phi) is 9.79. The van der Waals surface area contributed by atoms with Crippen LogP contribution in [0.15, 0.2) is 114 Å². The van der Waals surface area contributed by atoms with Crippen LogP contribution in [0.4, 0.5) is 10.7 Å². The molecule has 1 aliphatic heterocycles. The van der Waals surface area contributed by atoms with Gasteiger partial charge in [-0.3, -0.25) is 14.5 Å². The Morgan fingerprint density at radius 3 is 2.48 bits per heavy atom. The first-order chi connectivity index (χ1) is 22.5. The number of carbonyl (C=O) groups excluding carboxylic acids is 2. The van der Waals surface area contributed by atoms with E-state index in [2.05, 4.69) is 33.7 Å². The topological polar surface area (TPSA) is 94.5 Å². The summed E-state index contributed by atoms with van der Waals surface area (Å²) in [5, 5.41) is 16.2. The van der Waals surface area contributed by atoms with Gasteiger partial charge in [-0.15, -0.1) is 23.1 Å². The number of nitrogens with one attached hydrogen (secondary N) is 2. The highest BCUT2D eigenvalue weighted by Crippen LogP contribution is 2.41. The van der Waals surface area contributed by atoms with Gasteiger partial charge in [0.25, 0.3) is 5.91 Å². The molecular formula is C37H32N4O3S2. The number of fused-ring (bicyclic) bond motifs is 1. The fourth-order valence-electron chi connectivity index (χ4n) is 5.47. The molecule has 1 atom stereocenters. The molecular weight excluding hydrogens is 613 g/mol. The molecule has 1 aliphatic rings. The van der Waals surface area contributed by atoms with Crippen molar-refractivity contribution in [3.63, 3.8) is 0 Å². The Morgan fingerprint density at radius 1 is 0.957 bits per heavy atom. The maximum atomic E-state index is 14.0. The lowest BCUT2D eigenvalue weighted by Gasteiger charge is -2.26. The lowest BCUT2D eigenvalue weighted by Crippen LogP contribution is -2.29. The standard InChI is InChI=1S/C37H32N4O3S2/c1-44-29-16-8-14-27(20-29)35(42)39-28-15-9-17-30(21-28)45-34(26-12-6-3-7-13-26)36(43)40-37-32(22-38)31-18-19-41(24-33(31)46-37)23-25-10-4-2-5-11-25/h2-17,20-21,34H,18-19,23-24H2,1H3,(H,39,42)(H,40,43). The molecule has 6 rings (SSSR count). The second kappa shape index (κ2) is 14.5. The lowest BCUT2D eigenvalue weighted by atomic mass is 10.0. The van der Waals surface area contributed by atoms with E-state index in [0.29, 0.717) is 27.6 Å². The zero-order valence-electron chi connectivity index (χ0n) is 25.2. The number of thiophene rings is 1. The molecule has 5 aromatic rings. The second-order valence-corrected chi connectivity index (χ2v) is 13.2. The molecule has 230 valence electrons. The van der Waals surface area contributed by atoms with E-state index >= 15 is 0 Å². The molecule has 1 aromatic heterocycles. The van der Waals surface area contributed by atoms with E-state index in [1.54, 1.807) is 31.4 Å². The van der Waals surface area contributed by atoms with Crippen molar-refractivity contribution in [2.75, 3.05) is 24.3 Å². The van der Waals surface area contributed by atoms with Crippen molar-refractivity contribution in [3.8, 4) is 11.8 Å². The van der Waals surface area contributed by atoms with Gasteiger partial charge < -0.3 is 15.4 Å². The average molecular weight is 645 g/mol. The number of anilines is 2. The fourth-order valence-corrected chi connectivity index (χ4v) is 7.80. The van der Waals surface area contributed by atoms with Crippen LogP contribution in [0.5, 0.6) is 5.75 Å². The molecule has 0 saturated carbocycles. The highest BCUT2D eigenvalue weighted by molar-refractivity contribution is 8.00. The van der Waals surface area contributed by atoms with Crippen LogP contribution < -0.4 is 15.4 Å². The third-order valence-electron chi connectivity index (χ3n) is 7.75. The molecule has 2 heterocycles. The quantitative estimate of drug-likeness (QED) is 0.150. The predicted molar refractivity (Wildman–Crippen MR) is 184 cm³/mol. The average Bonchev–Trinajstić information content (AvgIpc) is 3.44. The molecule has 46 heavy (non-hydrogen) atoms. The number of amides is 2. The van der Waals surface area contributed by atoms with Crippen LogP contribution in [0.1, 0.15) is 42.7 Å². The van der Waals surface area contributed by atoms with Crippen molar-refractivity contribution < 1.29 is 14.3 Å². The monoisotopic (exact) mass is 644 g/mol. The molecule has 0 saturated heterocycles. The first-order valence-electron chi connectivity index (χ1n) is 14.9. The first-order valence-corrected chi connectivity index (χ1v) is 16.6. The molecule has 0 fully saturated rings. The molecule has 7 nitrogen and oxygen atoms in total. The molecule has 1 unspecified atom stereocenters. The number of benzene rings is 4. The number of nitriles is 1. The summed E-state index contributed by atoms with van der Waals surface area (Å²) >= 11 is 2.89. The Hall–Kier alpha value is -4.88. The number of methoxy groups -OCH3 is 1. The Balaban J connectivity index is 1.20. The summed E-state index contributed by atoms with van der Waals surface area (Å²) in [4.78, 5) is 31.2. The van der Waals surface area contributed by atoms with Crippen LogP contribution in [0, 0.1) is 11.3 Å². The summed E-state index contributed by atoms with van der Waals surface area (Å²) in [7, 11) is 1.56. The summed E-state index contributed by atoms with van der Waals surface area (Å²) in [6.07, 6.45) is 0.766. The summed E-state index contributed by atoms with van der Waals surface area (Å²) in [6, 6.07) is 36.7. The Bertz CT molecular complexity index is 1890. The number of nitrogens with zero attached hydrogens (tertiary/aromatic N) is 2. The second-order valence-electron chi connectivity index (χ2n) is 10.9. The highest BCUT2D eigenvalue weighted by Gasteiger charge is 2.28. The van der Waals surface area contributed by atoms with Crippen LogP contribution in [0.2, 0.25) is 0 Å². The third kappa shape index (κ3) is 7.32. The smallest absolute Gasteiger partial charge is 0.255 e. The first kappa shape index (κ1) is 31.1. The molecule has 0 bridgehead atoms. The molecule has 2 amide bonds. The normalized spacial score (nSPS) is 13.2. The van der Waals surface area contributed by atoms with Gasteiger partial charge in [0.1, 0.15) is 22.1 Å². The summed E-state index contributed by atoms with van der Waals surface area (Å²) in [5.74, 6) is 0.133. The van der Waals surface area contributed by atoms with Gasteiger partial charge >= 0.3 is 0 Å². The minimum Gasteiger partial charge on any atom is -0.497 e. The largest absolute Gasteiger partial charge is 0.497 e. The van der Waals surface area contributed by atoms with Crippen molar-refractivity contribution in [3.05, 3.63) is 142 Å². The van der Waals surface area contributed by atoms with Crippen LogP contribution in [0.3, 0.4) is 0 Å². The van der Waals surface area contributed by atoms with Crippen molar-refractivity contribution >= 4 is 45.6 Å². The van der Waals surface area contributed by atoms with Gasteiger partial charge in [0.05, 0.1) is 12.7 Å². The molecule has 0 spiro atoms. The lowest BCUT2D eigenvalue weighted by molar-refractivity contribution is -0.115. The van der Waals surface area contributed by atoms with Gasteiger partial charge in [-0.1, -0.05) is 72.8 Å². The number of hydrogen-bond acceptors (Lipinski definition) is 7. The van der Waals surface area contributed by atoms with Crippen LogP contribution >= 0.6 is 23.1 Å². The van der Waals surface area contributed by atoms with Crippen molar-refractivity contribution in [2.24, 2.45) is 0 Å². The van der Waals surface area contributed by atoms with Gasteiger partial charge in [0, 0.05) is 40.7 Å². The van der Waals surface area contributed by atoms with Crippen LogP contribution in [-0.2, 0) is 24.3 Å². The number of rotatable bonds is 10. The van der Waals surface area contributed by atoms with E-state index in [1.165, 1.54) is 28.7 Å². The Morgan fingerprint density at radius 2 is 1.72 bits per heavy atom. The number of thioether (sulfide) groups is 1. The van der Waals surface area contributed by atoms with E-state index in [9.17, 15) is 14.9 Å². The predicted octanol–water partition coefficient (Wildman–Crippen LogP) is 7.91. The maximum absolute atomic E-state index is 14.0. The molecule has 0 radical (unpaired) electrons. The molecule has 4 aromatic carbocycles. The summed E-state index contributed by atoms with van der Waals surface area (Å²) in [5.41, 5.74) is 4.78. The fraction of sp³-hybridized carbons (Fsp3) is 0.162. The van der Waals surface area contributed by atoms with Gasteiger partial charge in [0.2, 0.25) is 5.91 Å². The minimum absolute atomic E-state index is 0.210. The molecule has 9 heteroatoms. The van der Waals surface area contributed by atoms with Gasteiger partial charge in [0.15, 0.2) is 0 Å². The maximum Gasteiger partial charge on any atom is 0.255 e. The minimum atomic E-state index is -0.592. The summed E-state index contributed by atoms with van der Waals surface area (Å²) < 4.78 is 5.25. The van der Waals surface area contributed by atoms with E-state index in [-0.39, 0.29) is 11.8 Å². The van der Waals surface area contributed by atoms with Crippen molar-refractivity contribution in [2.45, 2.75) is 29.7 Å². The van der Waals surface area contributed by atoms with Crippen molar-refractivity contribution in [1.82, 2.24) is 4.90 Å². The molecule has 0 aliphatic carbocycles. The number of ether oxygens (including phenoxy) is 1. The number of hydrogen-bond donors (Lipinski definition) is 2. The molecule has 2 N–H and O–H groups in total. The van der Waals surface area contributed by atoms with Crippen LogP contribution in [-0.4, -0.2) is 30.4 Å². The van der Waals surface area contributed by atoms with Gasteiger partial charge in [-0.2, -0.15) is 5.26 Å². The zero-order valence-corrected chi connectivity index (χ0v) is 26.9. The Labute approximate surface area is 276 Å². The van der Waals surface area contributed by atoms with Gasteiger partial charge in [-0.05, 0) is 59.5 Å². The SMILES string of the molecule is COc1cccc(C(=O)Nc2cccc(SC(C(=O)Nc3sc4c(c3C#N)CCN(Cc3ccccc3)C4)c3ccccc3)c2)c1. The van der Waals surface area contributed by atoms with E-state index < -0.39 is 5.25 Å². The highest BCUT2D eigenvalue weighted by atomic mass is 32.2. The van der Waals surface area contributed by atoms with Crippen molar-refractivity contribution in [1.29, 1.82) is 5.26 Å². The van der Waals surface area contributed by atoms with E-state index in [1.807, 2.05) is 72.8 Å². The number of carbonyl (C=O) groups is 2. The third-order valence-corrected chi connectivity index (χ3v) is 10.1. The van der Waals surface area contributed by atoms with Gasteiger partial charge in [-0.25, -0.2) is 0 Å².